The van der Waals surface area contributed by atoms with Crippen LogP contribution in [0.5, 0.6) is 0 Å². The number of anilines is 1. The van der Waals surface area contributed by atoms with E-state index in [9.17, 15) is 22.0 Å². The van der Waals surface area contributed by atoms with Gasteiger partial charge in [-0.15, -0.1) is 0 Å². The van der Waals surface area contributed by atoms with Gasteiger partial charge in [-0.25, -0.2) is 22.2 Å². The molecule has 1 atom stereocenters. The van der Waals surface area contributed by atoms with Crippen LogP contribution in [0.1, 0.15) is 12.8 Å². The summed E-state index contributed by atoms with van der Waals surface area (Å²) in [5.41, 5.74) is -0.0105. The van der Waals surface area contributed by atoms with Gasteiger partial charge < -0.3 is 5.32 Å². The Hall–Kier alpha value is -2.43. The molecule has 0 saturated carbocycles. The number of fused-ring (bicyclic) bond motifs is 1. The molecule has 1 amide bonds. The minimum Gasteiger partial charge on any atom is -0.302 e. The van der Waals surface area contributed by atoms with Crippen molar-refractivity contribution in [3.8, 4) is 0 Å². The van der Waals surface area contributed by atoms with Crippen LogP contribution >= 0.6 is 11.3 Å². The number of carbonyl (C=O) groups is 1. The number of piperidine rings is 1. The first-order chi connectivity index (χ1) is 13.8. The van der Waals surface area contributed by atoms with Crippen molar-refractivity contribution in [1.29, 1.82) is 0 Å². The van der Waals surface area contributed by atoms with Gasteiger partial charge in [0.2, 0.25) is 15.9 Å². The van der Waals surface area contributed by atoms with E-state index in [-0.39, 0.29) is 26.8 Å². The average molecular weight is 437 g/mol. The zero-order valence-corrected chi connectivity index (χ0v) is 16.8. The Morgan fingerprint density at radius 2 is 1.97 bits per heavy atom. The van der Waals surface area contributed by atoms with Crippen LogP contribution in [0.4, 0.5) is 13.9 Å². The summed E-state index contributed by atoms with van der Waals surface area (Å²) in [4.78, 5) is 16.9. The minimum atomic E-state index is -3.68. The summed E-state index contributed by atoms with van der Waals surface area (Å²) in [5, 5.41) is 2.77. The number of nitrogens with one attached hydrogen (secondary N) is 1. The van der Waals surface area contributed by atoms with Gasteiger partial charge in [0.05, 0.1) is 15.5 Å². The topological polar surface area (TPSA) is 79.4 Å². The van der Waals surface area contributed by atoms with Crippen molar-refractivity contribution in [1.82, 2.24) is 9.29 Å². The summed E-state index contributed by atoms with van der Waals surface area (Å²) >= 11 is 0.966. The Morgan fingerprint density at radius 3 is 2.72 bits per heavy atom. The summed E-state index contributed by atoms with van der Waals surface area (Å²) in [5.74, 6) is -2.46. The summed E-state index contributed by atoms with van der Waals surface area (Å²) in [6.07, 6.45) is 1.07. The van der Waals surface area contributed by atoms with E-state index in [0.717, 1.165) is 23.5 Å². The standard InChI is InChI=1S/C19H17F2N3O3S2/c20-13-9-15(21)17-16(10-13)28-19(22-17)23-18(25)12-5-4-8-24(11-12)29(26,27)14-6-2-1-3-7-14/h1-3,6-7,9-10,12H,4-5,8,11H2,(H,22,23,25). The van der Waals surface area contributed by atoms with E-state index in [1.807, 2.05) is 0 Å². The Morgan fingerprint density at radius 1 is 1.21 bits per heavy atom. The molecule has 1 unspecified atom stereocenters. The van der Waals surface area contributed by atoms with Crippen LogP contribution < -0.4 is 5.32 Å². The highest BCUT2D eigenvalue weighted by molar-refractivity contribution is 7.89. The predicted molar refractivity (Wildman–Crippen MR) is 106 cm³/mol. The van der Waals surface area contributed by atoms with Crippen LogP contribution in [0.15, 0.2) is 47.4 Å². The van der Waals surface area contributed by atoms with Gasteiger partial charge in [0.25, 0.3) is 0 Å². The van der Waals surface area contributed by atoms with Gasteiger partial charge in [-0.3, -0.25) is 4.79 Å². The van der Waals surface area contributed by atoms with E-state index in [2.05, 4.69) is 10.3 Å². The normalized spacial score (nSPS) is 18.1. The molecule has 1 N–H and O–H groups in total. The molecule has 3 aromatic rings. The highest BCUT2D eigenvalue weighted by Crippen LogP contribution is 2.30. The fraction of sp³-hybridized carbons (Fsp3) is 0.263. The smallest absolute Gasteiger partial charge is 0.243 e. The van der Waals surface area contributed by atoms with Gasteiger partial charge in [-0.05, 0) is 31.0 Å². The third-order valence-corrected chi connectivity index (χ3v) is 7.58. The van der Waals surface area contributed by atoms with Gasteiger partial charge >= 0.3 is 0 Å². The molecule has 1 saturated heterocycles. The first-order valence-corrected chi connectivity index (χ1v) is 11.2. The number of thiazole rings is 1. The molecular formula is C19H17F2N3O3S2. The average Bonchev–Trinajstić information content (AvgIpc) is 3.11. The number of sulfonamides is 1. The maximum Gasteiger partial charge on any atom is 0.243 e. The molecule has 6 nitrogen and oxygen atoms in total. The van der Waals surface area contributed by atoms with E-state index in [1.54, 1.807) is 18.2 Å². The molecular weight excluding hydrogens is 420 g/mol. The highest BCUT2D eigenvalue weighted by atomic mass is 32.2. The molecule has 1 aliphatic rings. The van der Waals surface area contributed by atoms with Crippen LogP contribution in [-0.2, 0) is 14.8 Å². The molecule has 29 heavy (non-hydrogen) atoms. The molecule has 2 aromatic carbocycles. The maximum absolute atomic E-state index is 13.8. The molecule has 4 rings (SSSR count). The first kappa shape index (κ1) is 19.9. The van der Waals surface area contributed by atoms with E-state index in [0.29, 0.717) is 19.4 Å². The second kappa shape index (κ2) is 7.77. The maximum atomic E-state index is 13.8. The molecule has 152 valence electrons. The SMILES string of the molecule is O=C(Nc1nc2c(F)cc(F)cc2s1)C1CCCN(S(=O)(=O)c2ccccc2)C1. The van der Waals surface area contributed by atoms with Gasteiger partial charge in [0, 0.05) is 19.2 Å². The van der Waals surface area contributed by atoms with Crippen molar-refractivity contribution in [3.05, 3.63) is 54.1 Å². The summed E-state index contributed by atoms with van der Waals surface area (Å²) in [7, 11) is -3.68. The number of halogens is 2. The Balaban J connectivity index is 1.50. The Labute approximate surface area is 170 Å². The number of rotatable bonds is 4. The minimum absolute atomic E-state index is 0.0105. The second-order valence-corrected chi connectivity index (χ2v) is 9.73. The highest BCUT2D eigenvalue weighted by Gasteiger charge is 2.33. The van der Waals surface area contributed by atoms with Crippen LogP contribution in [-0.4, -0.2) is 36.7 Å². The lowest BCUT2D eigenvalue weighted by molar-refractivity contribution is -0.120. The molecule has 0 aliphatic carbocycles. The van der Waals surface area contributed by atoms with Gasteiger partial charge in [-0.2, -0.15) is 4.31 Å². The van der Waals surface area contributed by atoms with E-state index in [1.165, 1.54) is 16.4 Å². The molecule has 1 fully saturated rings. The summed E-state index contributed by atoms with van der Waals surface area (Å²) in [6, 6.07) is 9.97. The van der Waals surface area contributed by atoms with Gasteiger partial charge in [0.1, 0.15) is 11.3 Å². The fourth-order valence-corrected chi connectivity index (χ4v) is 5.79. The number of benzene rings is 2. The van der Waals surface area contributed by atoms with E-state index < -0.39 is 33.5 Å². The monoisotopic (exact) mass is 437 g/mol. The first-order valence-electron chi connectivity index (χ1n) is 8.96. The largest absolute Gasteiger partial charge is 0.302 e. The van der Waals surface area contributed by atoms with Crippen molar-refractivity contribution >= 4 is 42.6 Å². The number of carbonyl (C=O) groups excluding carboxylic acids is 1. The molecule has 1 aromatic heterocycles. The number of hydrogen-bond donors (Lipinski definition) is 1. The molecule has 0 bridgehead atoms. The molecule has 1 aliphatic heterocycles. The number of hydrogen-bond acceptors (Lipinski definition) is 5. The third-order valence-electron chi connectivity index (χ3n) is 4.78. The lowest BCUT2D eigenvalue weighted by Crippen LogP contribution is -2.43. The zero-order valence-electron chi connectivity index (χ0n) is 15.1. The summed E-state index contributed by atoms with van der Waals surface area (Å²) < 4.78 is 54.4. The van der Waals surface area contributed by atoms with Crippen molar-refractivity contribution in [2.45, 2.75) is 17.7 Å². The van der Waals surface area contributed by atoms with Crippen molar-refractivity contribution < 1.29 is 22.0 Å². The van der Waals surface area contributed by atoms with Crippen LogP contribution in [0.2, 0.25) is 0 Å². The quantitative estimate of drug-likeness (QED) is 0.676. The third kappa shape index (κ3) is 4.00. The number of aromatic nitrogens is 1. The second-order valence-electron chi connectivity index (χ2n) is 6.76. The number of amides is 1. The lowest BCUT2D eigenvalue weighted by Gasteiger charge is -2.31. The zero-order chi connectivity index (χ0) is 20.6. The molecule has 0 spiro atoms. The fourth-order valence-electron chi connectivity index (χ4n) is 3.33. The van der Waals surface area contributed by atoms with Gasteiger partial charge in [0.15, 0.2) is 10.9 Å². The van der Waals surface area contributed by atoms with Crippen molar-refractivity contribution in [3.63, 3.8) is 0 Å². The molecule has 10 heteroatoms. The van der Waals surface area contributed by atoms with E-state index >= 15 is 0 Å². The molecule has 0 radical (unpaired) electrons. The van der Waals surface area contributed by atoms with Crippen LogP contribution in [0, 0.1) is 17.6 Å². The predicted octanol–water partition coefficient (Wildman–Crippen LogP) is 3.61. The number of nitrogens with zero attached hydrogens (tertiary/aromatic N) is 2. The van der Waals surface area contributed by atoms with Crippen LogP contribution in [0.25, 0.3) is 10.2 Å². The Bertz CT molecular complexity index is 1170. The van der Waals surface area contributed by atoms with E-state index in [4.69, 9.17) is 0 Å². The van der Waals surface area contributed by atoms with Gasteiger partial charge in [-0.1, -0.05) is 29.5 Å². The van der Waals surface area contributed by atoms with Crippen molar-refractivity contribution in [2.75, 3.05) is 18.4 Å². The molecule has 2 heterocycles. The van der Waals surface area contributed by atoms with Crippen molar-refractivity contribution in [2.24, 2.45) is 5.92 Å². The Kier molecular flexibility index (Phi) is 5.32. The summed E-state index contributed by atoms with van der Waals surface area (Å²) in [6.45, 7) is 0.392. The lowest BCUT2D eigenvalue weighted by atomic mass is 9.99. The van der Waals surface area contributed by atoms with Crippen LogP contribution in [0.3, 0.4) is 0 Å².